The van der Waals surface area contributed by atoms with Crippen LogP contribution < -0.4 is 10.2 Å². The molecule has 2 aromatic carbocycles. The first kappa shape index (κ1) is 14.5. The van der Waals surface area contributed by atoms with Gasteiger partial charge in [-0.2, -0.15) is 0 Å². The first-order chi connectivity index (χ1) is 9.72. The number of likely N-dealkylation sites (N-methyl/N-ethyl adjacent to an activating group) is 1. The van der Waals surface area contributed by atoms with E-state index in [1.54, 1.807) is 6.07 Å². The smallest absolute Gasteiger partial charge is 0.146 e. The van der Waals surface area contributed by atoms with E-state index in [9.17, 15) is 4.39 Å². The van der Waals surface area contributed by atoms with Crippen LogP contribution in [0.15, 0.2) is 48.5 Å². The number of nitrogens with one attached hydrogen (secondary N) is 1. The van der Waals surface area contributed by atoms with Crippen LogP contribution in [-0.4, -0.2) is 20.6 Å². The van der Waals surface area contributed by atoms with Gasteiger partial charge in [0.2, 0.25) is 0 Å². The summed E-state index contributed by atoms with van der Waals surface area (Å²) in [6.07, 6.45) is 0.907. The number of halogens is 1. The minimum atomic E-state index is -0.159. The van der Waals surface area contributed by atoms with Crippen LogP contribution >= 0.6 is 0 Å². The van der Waals surface area contributed by atoms with Crippen molar-refractivity contribution in [1.82, 2.24) is 5.32 Å². The number of benzene rings is 2. The molecule has 0 saturated heterocycles. The van der Waals surface area contributed by atoms with Crippen LogP contribution in [0.4, 0.5) is 10.1 Å². The van der Waals surface area contributed by atoms with Crippen LogP contribution in [-0.2, 0) is 13.0 Å². The van der Waals surface area contributed by atoms with Crippen LogP contribution in [0.2, 0.25) is 0 Å². The molecule has 3 heteroatoms. The monoisotopic (exact) mass is 272 g/mol. The molecule has 0 bridgehead atoms. The molecular weight excluding hydrogens is 251 g/mol. The van der Waals surface area contributed by atoms with Gasteiger partial charge in [-0.15, -0.1) is 0 Å². The summed E-state index contributed by atoms with van der Waals surface area (Å²) in [6, 6.07) is 15.5. The molecule has 0 heterocycles. The Morgan fingerprint density at radius 1 is 1.05 bits per heavy atom. The molecule has 2 rings (SSSR count). The lowest BCUT2D eigenvalue weighted by Gasteiger charge is -2.23. The molecule has 0 atom stereocenters. The Morgan fingerprint density at radius 2 is 1.80 bits per heavy atom. The summed E-state index contributed by atoms with van der Waals surface area (Å²) in [5, 5.41) is 3.09. The van der Waals surface area contributed by atoms with Gasteiger partial charge in [-0.25, -0.2) is 4.39 Å². The summed E-state index contributed by atoms with van der Waals surface area (Å²) in [7, 11) is 3.82. The molecule has 0 spiro atoms. The highest BCUT2D eigenvalue weighted by Crippen LogP contribution is 2.23. The lowest BCUT2D eigenvalue weighted by atomic mass is 10.1. The van der Waals surface area contributed by atoms with Crippen molar-refractivity contribution in [3.05, 3.63) is 65.5 Å². The minimum Gasteiger partial charge on any atom is -0.372 e. The zero-order valence-corrected chi connectivity index (χ0v) is 12.1. The second kappa shape index (κ2) is 7.06. The topological polar surface area (TPSA) is 15.3 Å². The Labute approximate surface area is 120 Å². The molecule has 0 fully saturated rings. The molecule has 20 heavy (non-hydrogen) atoms. The fourth-order valence-corrected chi connectivity index (χ4v) is 2.37. The molecule has 0 aliphatic carbocycles. The lowest BCUT2D eigenvalue weighted by Crippen LogP contribution is -2.24. The Hall–Kier alpha value is -1.87. The summed E-state index contributed by atoms with van der Waals surface area (Å²) in [4.78, 5) is 2.00. The Kier molecular flexibility index (Phi) is 5.13. The maximum atomic E-state index is 14.1. The third-order valence-corrected chi connectivity index (χ3v) is 3.40. The van der Waals surface area contributed by atoms with E-state index in [0.29, 0.717) is 12.2 Å². The second-order valence-electron chi connectivity index (χ2n) is 4.94. The summed E-state index contributed by atoms with van der Waals surface area (Å²) in [5.74, 6) is -0.159. The average Bonchev–Trinajstić information content (AvgIpc) is 2.46. The quantitative estimate of drug-likeness (QED) is 0.868. The maximum Gasteiger partial charge on any atom is 0.146 e. The number of hydrogen-bond acceptors (Lipinski definition) is 2. The van der Waals surface area contributed by atoms with Crippen molar-refractivity contribution in [2.24, 2.45) is 0 Å². The molecule has 106 valence electrons. The molecule has 0 aliphatic heterocycles. The largest absolute Gasteiger partial charge is 0.372 e. The standard InChI is InChI=1S/C17H21FN2/c1-19-13-15-9-6-10-16(18)17(15)20(2)12-11-14-7-4-3-5-8-14/h3-10,19H,11-13H2,1-2H3. The third-order valence-electron chi connectivity index (χ3n) is 3.40. The van der Waals surface area contributed by atoms with Crippen LogP contribution in [0.1, 0.15) is 11.1 Å². The zero-order valence-electron chi connectivity index (χ0n) is 12.1. The molecule has 2 aromatic rings. The molecule has 0 aliphatic rings. The van der Waals surface area contributed by atoms with Gasteiger partial charge in [-0.05, 0) is 30.7 Å². The van der Waals surface area contributed by atoms with Crippen LogP contribution in [0.3, 0.4) is 0 Å². The molecule has 0 amide bonds. The van der Waals surface area contributed by atoms with Gasteiger partial charge in [0.05, 0.1) is 5.69 Å². The van der Waals surface area contributed by atoms with Crippen LogP contribution in [0.25, 0.3) is 0 Å². The van der Waals surface area contributed by atoms with Crippen LogP contribution in [0, 0.1) is 5.82 Å². The van der Waals surface area contributed by atoms with Gasteiger partial charge in [0.1, 0.15) is 5.82 Å². The third kappa shape index (κ3) is 3.58. The molecule has 1 N–H and O–H groups in total. The predicted octanol–water partition coefficient (Wildman–Crippen LogP) is 3.22. The van der Waals surface area contributed by atoms with Gasteiger partial charge in [-0.3, -0.25) is 0 Å². The average molecular weight is 272 g/mol. The van der Waals surface area contributed by atoms with Crippen molar-refractivity contribution in [2.45, 2.75) is 13.0 Å². The van der Waals surface area contributed by atoms with Gasteiger partial charge >= 0.3 is 0 Å². The number of anilines is 1. The summed E-state index contributed by atoms with van der Waals surface area (Å²) in [5.41, 5.74) is 2.95. The lowest BCUT2D eigenvalue weighted by molar-refractivity contribution is 0.617. The fraction of sp³-hybridized carbons (Fsp3) is 0.294. The highest BCUT2D eigenvalue weighted by atomic mass is 19.1. The molecule has 0 aromatic heterocycles. The predicted molar refractivity (Wildman–Crippen MR) is 82.6 cm³/mol. The van der Waals surface area contributed by atoms with E-state index in [1.165, 1.54) is 11.6 Å². The SMILES string of the molecule is CNCc1cccc(F)c1N(C)CCc1ccccc1. The normalized spacial score (nSPS) is 10.6. The van der Waals surface area contributed by atoms with E-state index in [-0.39, 0.29) is 5.82 Å². The van der Waals surface area contributed by atoms with E-state index in [2.05, 4.69) is 17.4 Å². The second-order valence-corrected chi connectivity index (χ2v) is 4.94. The molecule has 2 nitrogen and oxygen atoms in total. The van der Waals surface area contributed by atoms with Gasteiger partial charge in [0.25, 0.3) is 0 Å². The van der Waals surface area contributed by atoms with E-state index in [0.717, 1.165) is 18.5 Å². The Bertz CT molecular complexity index is 540. The van der Waals surface area contributed by atoms with Crippen molar-refractivity contribution in [2.75, 3.05) is 25.5 Å². The van der Waals surface area contributed by atoms with E-state index in [4.69, 9.17) is 0 Å². The fourth-order valence-electron chi connectivity index (χ4n) is 2.37. The molecular formula is C17H21FN2. The van der Waals surface area contributed by atoms with Gasteiger partial charge in [0, 0.05) is 20.1 Å². The molecule has 0 saturated carbocycles. The highest BCUT2D eigenvalue weighted by molar-refractivity contribution is 5.54. The van der Waals surface area contributed by atoms with Crippen molar-refractivity contribution in [1.29, 1.82) is 0 Å². The number of nitrogens with zero attached hydrogens (tertiary/aromatic N) is 1. The van der Waals surface area contributed by atoms with E-state index in [1.807, 2.05) is 43.3 Å². The van der Waals surface area contributed by atoms with Crippen molar-refractivity contribution < 1.29 is 4.39 Å². The number of rotatable bonds is 6. The molecule has 0 unspecified atom stereocenters. The molecule has 0 radical (unpaired) electrons. The number of para-hydroxylation sites is 1. The Balaban J connectivity index is 2.10. The summed E-state index contributed by atoms with van der Waals surface area (Å²) < 4.78 is 14.1. The summed E-state index contributed by atoms with van der Waals surface area (Å²) >= 11 is 0. The minimum absolute atomic E-state index is 0.159. The van der Waals surface area contributed by atoms with Gasteiger partial charge in [0.15, 0.2) is 0 Å². The van der Waals surface area contributed by atoms with Crippen molar-refractivity contribution in [3.63, 3.8) is 0 Å². The van der Waals surface area contributed by atoms with E-state index >= 15 is 0 Å². The van der Waals surface area contributed by atoms with Crippen LogP contribution in [0.5, 0.6) is 0 Å². The maximum absolute atomic E-state index is 14.1. The van der Waals surface area contributed by atoms with Crippen molar-refractivity contribution >= 4 is 5.69 Å². The van der Waals surface area contributed by atoms with Crippen molar-refractivity contribution in [3.8, 4) is 0 Å². The van der Waals surface area contributed by atoms with Gasteiger partial charge in [-0.1, -0.05) is 42.5 Å². The van der Waals surface area contributed by atoms with E-state index < -0.39 is 0 Å². The highest BCUT2D eigenvalue weighted by Gasteiger charge is 2.12. The first-order valence-electron chi connectivity index (χ1n) is 6.89. The zero-order chi connectivity index (χ0) is 14.4. The number of hydrogen-bond donors (Lipinski definition) is 1. The summed E-state index contributed by atoms with van der Waals surface area (Å²) in [6.45, 7) is 1.46. The van der Waals surface area contributed by atoms with Gasteiger partial charge < -0.3 is 10.2 Å². The Morgan fingerprint density at radius 3 is 2.50 bits per heavy atom. The first-order valence-corrected chi connectivity index (χ1v) is 6.89.